The second kappa shape index (κ2) is 5.72. The fourth-order valence-electron chi connectivity index (χ4n) is 2.37. The molecular formula is C14H18ClNO2. The normalized spacial score (nSPS) is 17.7. The average molecular weight is 268 g/mol. The van der Waals surface area contributed by atoms with Gasteiger partial charge in [-0.3, -0.25) is 4.79 Å². The predicted molar refractivity (Wildman–Crippen MR) is 71.3 cm³/mol. The van der Waals surface area contributed by atoms with Crippen molar-refractivity contribution in [3.63, 3.8) is 0 Å². The number of halogens is 1. The van der Waals surface area contributed by atoms with Gasteiger partial charge in [0.1, 0.15) is 0 Å². The Kier molecular flexibility index (Phi) is 4.25. The Hall–Kier alpha value is -1.06. The third-order valence-corrected chi connectivity index (χ3v) is 3.68. The first-order valence-corrected chi connectivity index (χ1v) is 6.69. The Morgan fingerprint density at radius 2 is 1.89 bits per heavy atom. The first kappa shape index (κ1) is 13.4. The topological polar surface area (TPSA) is 49.3 Å². The highest BCUT2D eigenvalue weighted by Crippen LogP contribution is 2.32. The lowest BCUT2D eigenvalue weighted by atomic mass is 9.97. The van der Waals surface area contributed by atoms with Crippen LogP contribution in [0.4, 0.5) is 0 Å². The van der Waals surface area contributed by atoms with Crippen molar-refractivity contribution < 1.29 is 9.90 Å². The van der Waals surface area contributed by atoms with Crippen LogP contribution in [0.25, 0.3) is 0 Å². The van der Waals surface area contributed by atoms with Crippen molar-refractivity contribution in [2.24, 2.45) is 0 Å². The molecule has 0 saturated heterocycles. The van der Waals surface area contributed by atoms with Gasteiger partial charge in [0.15, 0.2) is 0 Å². The number of carbonyl (C=O) groups is 1. The number of hydrogen-bond donors (Lipinski definition) is 2. The van der Waals surface area contributed by atoms with Gasteiger partial charge >= 0.3 is 0 Å². The summed E-state index contributed by atoms with van der Waals surface area (Å²) in [6.45, 7) is 0.478. The van der Waals surface area contributed by atoms with Gasteiger partial charge in [-0.25, -0.2) is 0 Å². The second-order valence-corrected chi connectivity index (χ2v) is 5.45. The molecular weight excluding hydrogens is 250 g/mol. The van der Waals surface area contributed by atoms with E-state index in [1.54, 1.807) is 12.1 Å². The fraction of sp³-hybridized carbons (Fsp3) is 0.500. The summed E-state index contributed by atoms with van der Waals surface area (Å²) in [6, 6.07) is 7.36. The van der Waals surface area contributed by atoms with Gasteiger partial charge in [0.2, 0.25) is 5.91 Å². The summed E-state index contributed by atoms with van der Waals surface area (Å²) >= 11 is 5.79. The van der Waals surface area contributed by atoms with Crippen LogP contribution in [0.2, 0.25) is 5.02 Å². The zero-order valence-electron chi connectivity index (χ0n) is 10.3. The van der Waals surface area contributed by atoms with E-state index in [9.17, 15) is 9.90 Å². The molecule has 1 saturated carbocycles. The van der Waals surface area contributed by atoms with Crippen LogP contribution in [-0.2, 0) is 11.3 Å². The van der Waals surface area contributed by atoms with E-state index in [0.29, 0.717) is 11.6 Å². The molecule has 1 amide bonds. The molecule has 1 aliphatic rings. The molecule has 18 heavy (non-hydrogen) atoms. The van der Waals surface area contributed by atoms with Crippen LogP contribution in [0.15, 0.2) is 24.3 Å². The Morgan fingerprint density at radius 1 is 1.28 bits per heavy atom. The molecule has 0 aromatic heterocycles. The first-order chi connectivity index (χ1) is 8.57. The zero-order valence-corrected chi connectivity index (χ0v) is 11.0. The van der Waals surface area contributed by atoms with Crippen molar-refractivity contribution in [3.05, 3.63) is 34.9 Å². The van der Waals surface area contributed by atoms with E-state index in [-0.39, 0.29) is 12.3 Å². The van der Waals surface area contributed by atoms with E-state index in [1.165, 1.54) is 0 Å². The van der Waals surface area contributed by atoms with Gasteiger partial charge in [0.25, 0.3) is 0 Å². The highest BCUT2D eigenvalue weighted by Gasteiger charge is 2.33. The molecule has 0 unspecified atom stereocenters. The number of rotatable bonds is 4. The minimum Gasteiger partial charge on any atom is -0.389 e. The monoisotopic (exact) mass is 267 g/mol. The van der Waals surface area contributed by atoms with E-state index in [2.05, 4.69) is 5.32 Å². The molecule has 4 heteroatoms. The second-order valence-electron chi connectivity index (χ2n) is 5.01. The number of nitrogens with one attached hydrogen (secondary N) is 1. The van der Waals surface area contributed by atoms with Gasteiger partial charge in [-0.15, -0.1) is 0 Å². The van der Waals surface area contributed by atoms with Crippen LogP contribution in [0.1, 0.15) is 37.7 Å². The number of carbonyl (C=O) groups excluding carboxylic acids is 1. The third kappa shape index (κ3) is 3.72. The van der Waals surface area contributed by atoms with Crippen LogP contribution >= 0.6 is 11.6 Å². The Labute approximate surface area is 112 Å². The quantitative estimate of drug-likeness (QED) is 0.881. The molecule has 2 N–H and O–H groups in total. The van der Waals surface area contributed by atoms with Crippen molar-refractivity contribution in [2.75, 3.05) is 0 Å². The largest absolute Gasteiger partial charge is 0.389 e. The molecule has 0 radical (unpaired) electrons. The zero-order chi connectivity index (χ0) is 13.0. The molecule has 1 aliphatic carbocycles. The molecule has 0 spiro atoms. The van der Waals surface area contributed by atoms with E-state index in [4.69, 9.17) is 11.6 Å². The Balaban J connectivity index is 1.79. The summed E-state index contributed by atoms with van der Waals surface area (Å²) in [5.74, 6) is -0.0886. The van der Waals surface area contributed by atoms with Crippen molar-refractivity contribution in [3.8, 4) is 0 Å². The van der Waals surface area contributed by atoms with Crippen LogP contribution in [0.3, 0.4) is 0 Å². The van der Waals surface area contributed by atoms with Gasteiger partial charge < -0.3 is 10.4 Å². The minimum absolute atomic E-state index is 0.0886. The molecule has 0 aliphatic heterocycles. The van der Waals surface area contributed by atoms with Gasteiger partial charge in [-0.2, -0.15) is 0 Å². The molecule has 0 heterocycles. The average Bonchev–Trinajstić information content (AvgIpc) is 2.75. The van der Waals surface area contributed by atoms with E-state index in [1.807, 2.05) is 12.1 Å². The molecule has 1 aromatic rings. The molecule has 2 rings (SSSR count). The molecule has 0 bridgehead atoms. The predicted octanol–water partition coefficient (Wildman–Crippen LogP) is 2.65. The molecule has 1 aromatic carbocycles. The van der Waals surface area contributed by atoms with Crippen molar-refractivity contribution in [1.82, 2.24) is 5.32 Å². The van der Waals surface area contributed by atoms with Crippen LogP contribution in [-0.4, -0.2) is 16.6 Å². The van der Waals surface area contributed by atoms with Gasteiger partial charge in [0, 0.05) is 11.6 Å². The van der Waals surface area contributed by atoms with Gasteiger partial charge in [0.05, 0.1) is 12.0 Å². The molecule has 3 nitrogen and oxygen atoms in total. The summed E-state index contributed by atoms with van der Waals surface area (Å²) in [4.78, 5) is 11.7. The van der Waals surface area contributed by atoms with Crippen molar-refractivity contribution in [2.45, 2.75) is 44.2 Å². The number of hydrogen-bond acceptors (Lipinski definition) is 2. The Bertz CT molecular complexity index is 410. The van der Waals surface area contributed by atoms with Crippen LogP contribution in [0, 0.1) is 0 Å². The fourth-order valence-corrected chi connectivity index (χ4v) is 2.50. The van der Waals surface area contributed by atoms with Gasteiger partial charge in [-0.05, 0) is 30.5 Å². The summed E-state index contributed by atoms with van der Waals surface area (Å²) in [5, 5.41) is 13.6. The lowest BCUT2D eigenvalue weighted by Crippen LogP contribution is -2.34. The third-order valence-electron chi connectivity index (χ3n) is 3.43. The smallest absolute Gasteiger partial charge is 0.223 e. The van der Waals surface area contributed by atoms with Crippen molar-refractivity contribution >= 4 is 17.5 Å². The standard InChI is InChI=1S/C14H18ClNO2/c15-12-5-3-11(4-6-12)10-16-13(17)9-14(18)7-1-2-8-14/h3-6,18H,1-2,7-10H2,(H,16,17). The van der Waals surface area contributed by atoms with E-state index >= 15 is 0 Å². The highest BCUT2D eigenvalue weighted by atomic mass is 35.5. The number of aliphatic hydroxyl groups is 1. The summed E-state index contributed by atoms with van der Waals surface area (Å²) in [7, 11) is 0. The summed E-state index contributed by atoms with van der Waals surface area (Å²) < 4.78 is 0. The molecule has 0 atom stereocenters. The minimum atomic E-state index is -0.774. The lowest BCUT2D eigenvalue weighted by Gasteiger charge is -2.21. The molecule has 98 valence electrons. The Morgan fingerprint density at radius 3 is 2.50 bits per heavy atom. The summed E-state index contributed by atoms with van der Waals surface area (Å²) in [5.41, 5.74) is 0.232. The first-order valence-electron chi connectivity index (χ1n) is 6.31. The molecule has 1 fully saturated rings. The van der Waals surface area contributed by atoms with E-state index < -0.39 is 5.60 Å². The van der Waals surface area contributed by atoms with E-state index in [0.717, 1.165) is 31.2 Å². The van der Waals surface area contributed by atoms with Gasteiger partial charge in [-0.1, -0.05) is 36.6 Å². The maximum atomic E-state index is 11.7. The number of amides is 1. The van der Waals surface area contributed by atoms with Crippen molar-refractivity contribution in [1.29, 1.82) is 0 Å². The number of benzene rings is 1. The maximum Gasteiger partial charge on any atom is 0.223 e. The lowest BCUT2D eigenvalue weighted by molar-refractivity contribution is -0.126. The maximum absolute atomic E-state index is 11.7. The SMILES string of the molecule is O=C(CC1(O)CCCC1)NCc1ccc(Cl)cc1. The summed E-state index contributed by atoms with van der Waals surface area (Å²) in [6.07, 6.45) is 3.71. The highest BCUT2D eigenvalue weighted by molar-refractivity contribution is 6.30. The van der Waals surface area contributed by atoms with Crippen LogP contribution < -0.4 is 5.32 Å². The van der Waals surface area contributed by atoms with Crippen LogP contribution in [0.5, 0.6) is 0 Å².